The highest BCUT2D eigenvalue weighted by molar-refractivity contribution is 7.46. The van der Waals surface area contributed by atoms with E-state index in [9.17, 15) is 9.36 Å². The van der Waals surface area contributed by atoms with Crippen LogP contribution in [0.5, 0.6) is 0 Å². The third-order valence-corrected chi connectivity index (χ3v) is 3.90. The average molecular weight is 362 g/mol. The van der Waals surface area contributed by atoms with Gasteiger partial charge in [-0.1, -0.05) is 60.7 Å². The van der Waals surface area contributed by atoms with Gasteiger partial charge in [-0.05, 0) is 23.6 Å². The van der Waals surface area contributed by atoms with Crippen molar-refractivity contribution in [1.29, 1.82) is 0 Å². The zero-order chi connectivity index (χ0) is 18.3. The minimum absolute atomic E-state index is 0.252. The van der Waals surface area contributed by atoms with Crippen molar-refractivity contribution in [3.63, 3.8) is 0 Å². The normalized spacial score (nSPS) is 11.0. The maximum absolute atomic E-state index is 12.3. The summed E-state index contributed by atoms with van der Waals surface area (Å²) in [4.78, 5) is 29.6. The number of esters is 1. The van der Waals surface area contributed by atoms with Crippen LogP contribution in [0.3, 0.4) is 0 Å². The molecule has 2 aromatic carbocycles. The summed E-state index contributed by atoms with van der Waals surface area (Å²) in [6, 6.07) is 18.9. The zero-order valence-corrected chi connectivity index (χ0v) is 14.6. The molecule has 0 bridgehead atoms. The topological polar surface area (TPSA) is 93.1 Å². The smallest absolute Gasteiger partial charge is 0.460 e. The highest BCUT2D eigenvalue weighted by Gasteiger charge is 2.17. The Hall–Kier alpha value is -2.24. The molecular formula is C18H19O6P. The molecule has 2 N–H and O–H groups in total. The fourth-order valence-electron chi connectivity index (χ4n) is 2.31. The van der Waals surface area contributed by atoms with Crippen LogP contribution in [0.4, 0.5) is 0 Å². The highest BCUT2D eigenvalue weighted by Crippen LogP contribution is 2.35. The Bertz CT molecular complexity index is 738. The van der Waals surface area contributed by atoms with Gasteiger partial charge in [-0.25, -0.2) is 9.36 Å². The van der Waals surface area contributed by atoms with Crippen LogP contribution in [-0.4, -0.2) is 29.0 Å². The van der Waals surface area contributed by atoms with Crippen molar-refractivity contribution in [2.24, 2.45) is 0 Å². The van der Waals surface area contributed by atoms with Gasteiger partial charge in [0.2, 0.25) is 0 Å². The SMILES string of the molecule is CC(C(=O)OCCOP(=O)(O)O)=C(c1ccccc1)c1ccccc1. The summed E-state index contributed by atoms with van der Waals surface area (Å²) in [5, 5.41) is 0. The third-order valence-electron chi connectivity index (χ3n) is 3.38. The molecule has 0 aromatic heterocycles. The maximum Gasteiger partial charge on any atom is 0.469 e. The van der Waals surface area contributed by atoms with Gasteiger partial charge >= 0.3 is 13.8 Å². The first-order valence-corrected chi connectivity index (χ1v) is 9.10. The van der Waals surface area contributed by atoms with Crippen LogP contribution < -0.4 is 0 Å². The summed E-state index contributed by atoms with van der Waals surface area (Å²) in [6.45, 7) is 1.02. The third kappa shape index (κ3) is 5.96. The summed E-state index contributed by atoms with van der Waals surface area (Å²) in [5.74, 6) is -0.572. The molecular weight excluding hydrogens is 343 g/mol. The van der Waals surface area contributed by atoms with Crippen molar-refractivity contribution in [3.8, 4) is 0 Å². The summed E-state index contributed by atoms with van der Waals surface area (Å²) < 4.78 is 19.9. The van der Waals surface area contributed by atoms with Gasteiger partial charge in [0.1, 0.15) is 6.61 Å². The van der Waals surface area contributed by atoms with E-state index in [1.54, 1.807) is 6.92 Å². The summed E-state index contributed by atoms with van der Waals surface area (Å²) in [5.41, 5.74) is 2.87. The lowest BCUT2D eigenvalue weighted by Gasteiger charge is -2.13. The molecule has 0 unspecified atom stereocenters. The van der Waals surface area contributed by atoms with Gasteiger partial charge in [-0.15, -0.1) is 0 Å². The molecule has 0 spiro atoms. The van der Waals surface area contributed by atoms with E-state index in [1.165, 1.54) is 0 Å². The molecule has 0 aliphatic rings. The van der Waals surface area contributed by atoms with Crippen LogP contribution in [0.15, 0.2) is 66.2 Å². The predicted octanol–water partition coefficient (Wildman–Crippen LogP) is 3.16. The molecule has 132 valence electrons. The van der Waals surface area contributed by atoms with Gasteiger partial charge in [0.15, 0.2) is 0 Å². The van der Waals surface area contributed by atoms with E-state index in [2.05, 4.69) is 4.52 Å². The maximum atomic E-state index is 12.3. The highest BCUT2D eigenvalue weighted by atomic mass is 31.2. The van der Waals surface area contributed by atoms with Crippen molar-refractivity contribution in [2.45, 2.75) is 6.92 Å². The second-order valence-corrected chi connectivity index (χ2v) is 6.43. The molecule has 25 heavy (non-hydrogen) atoms. The number of benzene rings is 2. The quantitative estimate of drug-likeness (QED) is 0.340. The number of phosphoric acid groups is 1. The first-order chi connectivity index (χ1) is 11.9. The molecule has 0 heterocycles. The first kappa shape index (κ1) is 19.1. The van der Waals surface area contributed by atoms with Gasteiger partial charge in [0.05, 0.1) is 6.61 Å². The van der Waals surface area contributed by atoms with E-state index in [0.717, 1.165) is 16.7 Å². The van der Waals surface area contributed by atoms with Crippen LogP contribution in [0.1, 0.15) is 18.1 Å². The number of carbonyl (C=O) groups is 1. The van der Waals surface area contributed by atoms with Crippen molar-refractivity contribution < 1.29 is 28.4 Å². The van der Waals surface area contributed by atoms with Gasteiger partial charge < -0.3 is 14.5 Å². The molecule has 2 rings (SSSR count). The van der Waals surface area contributed by atoms with Crippen molar-refractivity contribution in [3.05, 3.63) is 77.4 Å². The van der Waals surface area contributed by atoms with E-state index in [1.807, 2.05) is 60.7 Å². The van der Waals surface area contributed by atoms with Gasteiger partial charge in [0.25, 0.3) is 0 Å². The molecule has 0 saturated carbocycles. The van der Waals surface area contributed by atoms with Crippen LogP contribution >= 0.6 is 7.82 Å². The van der Waals surface area contributed by atoms with Crippen LogP contribution in [-0.2, 0) is 18.6 Å². The molecule has 0 amide bonds. The molecule has 0 radical (unpaired) electrons. The Morgan fingerprint density at radius 2 is 1.40 bits per heavy atom. The van der Waals surface area contributed by atoms with Crippen molar-refractivity contribution in [2.75, 3.05) is 13.2 Å². The van der Waals surface area contributed by atoms with Gasteiger partial charge in [-0.3, -0.25) is 4.52 Å². The number of hydrogen-bond donors (Lipinski definition) is 2. The molecule has 0 fully saturated rings. The van der Waals surface area contributed by atoms with Crippen LogP contribution in [0.2, 0.25) is 0 Å². The molecule has 0 aliphatic carbocycles. The predicted molar refractivity (Wildman–Crippen MR) is 93.5 cm³/mol. The minimum atomic E-state index is -4.57. The van der Waals surface area contributed by atoms with Gasteiger partial charge in [0, 0.05) is 5.57 Å². The van der Waals surface area contributed by atoms with Crippen LogP contribution in [0, 0.1) is 0 Å². The Labute approximate surface area is 146 Å². The molecule has 7 heteroatoms. The van der Waals surface area contributed by atoms with Crippen LogP contribution in [0.25, 0.3) is 5.57 Å². The van der Waals surface area contributed by atoms with E-state index >= 15 is 0 Å². The Kier molecular flexibility index (Phi) is 6.67. The molecule has 0 atom stereocenters. The summed E-state index contributed by atoms with van der Waals surface area (Å²) in [7, 11) is -4.57. The number of ether oxygens (including phenoxy) is 1. The number of carbonyl (C=O) groups excluding carboxylic acids is 1. The molecule has 6 nitrogen and oxygen atoms in total. The van der Waals surface area contributed by atoms with E-state index < -0.39 is 13.8 Å². The standard InChI is InChI=1S/C18H19O6P/c1-14(18(19)23-12-13-24-25(20,21)22)17(15-8-4-2-5-9-15)16-10-6-3-7-11-16/h2-11H,12-13H2,1H3,(H2,20,21,22). The fraction of sp³-hybridized carbons (Fsp3) is 0.167. The Morgan fingerprint density at radius 1 is 0.920 bits per heavy atom. The Morgan fingerprint density at radius 3 is 1.84 bits per heavy atom. The lowest BCUT2D eigenvalue weighted by atomic mass is 9.93. The monoisotopic (exact) mass is 362 g/mol. The lowest BCUT2D eigenvalue weighted by Crippen LogP contribution is -2.12. The van der Waals surface area contributed by atoms with E-state index in [4.69, 9.17) is 14.5 Å². The molecule has 0 saturated heterocycles. The van der Waals surface area contributed by atoms with Crippen molar-refractivity contribution in [1.82, 2.24) is 0 Å². The Balaban J connectivity index is 2.22. The summed E-state index contributed by atoms with van der Waals surface area (Å²) in [6.07, 6.45) is 0. The van der Waals surface area contributed by atoms with E-state index in [-0.39, 0.29) is 13.2 Å². The fourth-order valence-corrected chi connectivity index (χ4v) is 2.62. The molecule has 2 aromatic rings. The number of rotatable bonds is 7. The number of phosphoric ester groups is 1. The van der Waals surface area contributed by atoms with Crippen molar-refractivity contribution >= 4 is 19.4 Å². The minimum Gasteiger partial charge on any atom is -0.460 e. The number of hydrogen-bond acceptors (Lipinski definition) is 4. The molecule has 0 aliphatic heterocycles. The largest absolute Gasteiger partial charge is 0.469 e. The first-order valence-electron chi connectivity index (χ1n) is 7.57. The average Bonchev–Trinajstić information content (AvgIpc) is 2.60. The zero-order valence-electron chi connectivity index (χ0n) is 13.7. The lowest BCUT2D eigenvalue weighted by molar-refractivity contribution is -0.139. The second-order valence-electron chi connectivity index (χ2n) is 5.19. The van der Waals surface area contributed by atoms with E-state index in [0.29, 0.717) is 5.57 Å². The summed E-state index contributed by atoms with van der Waals surface area (Å²) >= 11 is 0. The van der Waals surface area contributed by atoms with Gasteiger partial charge in [-0.2, -0.15) is 0 Å². The second kappa shape index (κ2) is 8.74.